The highest BCUT2D eigenvalue weighted by atomic mass is 32.1. The Kier molecular flexibility index (Phi) is 7.84. The maximum absolute atomic E-state index is 14.0. The van der Waals surface area contributed by atoms with E-state index in [-0.39, 0.29) is 12.2 Å². The van der Waals surface area contributed by atoms with Crippen molar-refractivity contribution in [3.05, 3.63) is 115 Å². The quantitative estimate of drug-likeness (QED) is 0.306. The van der Waals surface area contributed by atoms with E-state index in [0.717, 1.165) is 11.1 Å². The van der Waals surface area contributed by atoms with Crippen LogP contribution in [0.25, 0.3) is 11.8 Å². The number of hydrogen-bond acceptors (Lipinski definition) is 8. The summed E-state index contributed by atoms with van der Waals surface area (Å²) >= 11 is 1.25. The van der Waals surface area contributed by atoms with E-state index in [1.807, 2.05) is 60.7 Å². The molecule has 40 heavy (non-hydrogen) atoms. The van der Waals surface area contributed by atoms with Gasteiger partial charge in [0.15, 0.2) is 16.3 Å². The molecule has 3 aromatic carbocycles. The number of ether oxygens (including phenoxy) is 4. The number of fused-ring (bicyclic) bond motifs is 1. The lowest BCUT2D eigenvalue weighted by Crippen LogP contribution is -2.39. The van der Waals surface area contributed by atoms with Crippen molar-refractivity contribution in [1.29, 1.82) is 0 Å². The summed E-state index contributed by atoms with van der Waals surface area (Å²) in [4.78, 5) is 32.9. The number of methoxy groups -OCH3 is 3. The highest BCUT2D eigenvalue weighted by Gasteiger charge is 2.35. The molecule has 8 nitrogen and oxygen atoms in total. The number of carbonyl (C=O) groups is 1. The van der Waals surface area contributed by atoms with Gasteiger partial charge in [-0.05, 0) is 36.3 Å². The molecule has 0 N–H and O–H groups in total. The van der Waals surface area contributed by atoms with Crippen LogP contribution in [0.4, 0.5) is 0 Å². The molecule has 2 heterocycles. The molecule has 5 rings (SSSR count). The predicted octanol–water partition coefficient (Wildman–Crippen LogP) is 3.96. The summed E-state index contributed by atoms with van der Waals surface area (Å²) in [6, 6.07) is 21.7. The van der Waals surface area contributed by atoms with Crippen molar-refractivity contribution in [2.45, 2.75) is 13.0 Å². The third-order valence-corrected chi connectivity index (χ3v) is 7.46. The highest BCUT2D eigenvalue weighted by Crippen LogP contribution is 2.38. The number of aromatic nitrogens is 1. The number of esters is 1. The van der Waals surface area contributed by atoms with Crippen LogP contribution in [0, 0.1) is 0 Å². The van der Waals surface area contributed by atoms with Crippen LogP contribution in [0.5, 0.6) is 17.2 Å². The topological polar surface area (TPSA) is 88.4 Å². The average Bonchev–Trinajstić information content (AvgIpc) is 3.30. The molecule has 0 aliphatic carbocycles. The lowest BCUT2D eigenvalue weighted by Gasteiger charge is -2.25. The van der Waals surface area contributed by atoms with E-state index in [4.69, 9.17) is 23.9 Å². The van der Waals surface area contributed by atoms with Gasteiger partial charge in [0, 0.05) is 5.56 Å². The molecule has 0 unspecified atom stereocenters. The molecule has 0 bridgehead atoms. The predicted molar refractivity (Wildman–Crippen MR) is 154 cm³/mol. The molecule has 9 heteroatoms. The van der Waals surface area contributed by atoms with Crippen LogP contribution in [0.2, 0.25) is 0 Å². The number of carbonyl (C=O) groups excluding carboxylic acids is 1. The number of nitrogens with zero attached hydrogens (tertiary/aromatic N) is 2. The normalized spacial score (nSPS) is 14.8. The lowest BCUT2D eigenvalue weighted by atomic mass is 9.93. The van der Waals surface area contributed by atoms with Crippen LogP contribution >= 0.6 is 11.3 Å². The van der Waals surface area contributed by atoms with Crippen LogP contribution < -0.4 is 29.1 Å². The Balaban J connectivity index is 1.80. The molecule has 0 saturated carbocycles. The van der Waals surface area contributed by atoms with Gasteiger partial charge in [-0.25, -0.2) is 9.79 Å². The first-order valence-corrected chi connectivity index (χ1v) is 13.5. The van der Waals surface area contributed by atoms with Crippen molar-refractivity contribution in [2.24, 2.45) is 4.99 Å². The zero-order chi connectivity index (χ0) is 28.2. The molecular formula is C31H28N2O6S. The van der Waals surface area contributed by atoms with Crippen molar-refractivity contribution in [3.8, 4) is 17.2 Å². The van der Waals surface area contributed by atoms with Gasteiger partial charge in [0.1, 0.15) is 0 Å². The second kappa shape index (κ2) is 11.6. The maximum atomic E-state index is 14.0. The largest absolute Gasteiger partial charge is 0.493 e. The first-order chi connectivity index (χ1) is 19.5. The fraction of sp³-hybridized carbons (Fsp3) is 0.194. The van der Waals surface area contributed by atoms with Crippen LogP contribution in [-0.2, 0) is 9.53 Å². The lowest BCUT2D eigenvalue weighted by molar-refractivity contribution is -0.138. The Hall–Kier alpha value is -4.63. The second-order valence-electron chi connectivity index (χ2n) is 8.80. The summed E-state index contributed by atoms with van der Waals surface area (Å²) in [6.07, 6.45) is 1.76. The Morgan fingerprint density at radius 1 is 0.950 bits per heavy atom. The summed E-state index contributed by atoms with van der Waals surface area (Å²) in [5.74, 6) is 0.884. The van der Waals surface area contributed by atoms with Gasteiger partial charge in [0.2, 0.25) is 5.75 Å². The molecule has 204 valence electrons. The van der Waals surface area contributed by atoms with Gasteiger partial charge in [-0.15, -0.1) is 0 Å². The zero-order valence-corrected chi connectivity index (χ0v) is 23.4. The maximum Gasteiger partial charge on any atom is 0.338 e. The van der Waals surface area contributed by atoms with Gasteiger partial charge in [-0.3, -0.25) is 9.36 Å². The minimum atomic E-state index is -0.728. The highest BCUT2D eigenvalue weighted by molar-refractivity contribution is 7.07. The Labute approximate surface area is 235 Å². The molecule has 0 amide bonds. The van der Waals surface area contributed by atoms with Gasteiger partial charge in [-0.2, -0.15) is 0 Å². The van der Waals surface area contributed by atoms with Crippen molar-refractivity contribution in [2.75, 3.05) is 27.9 Å². The first-order valence-electron chi connectivity index (χ1n) is 12.6. The van der Waals surface area contributed by atoms with Gasteiger partial charge in [-0.1, -0.05) is 72.0 Å². The SMILES string of the molecule is CCOC(=O)C1=C(c2ccccc2)N=c2s/c(=C\c3cc(OC)c(OC)c(OC)c3)c(=O)n2[C@H]1c1ccccc1. The van der Waals surface area contributed by atoms with E-state index in [2.05, 4.69) is 0 Å². The van der Waals surface area contributed by atoms with Gasteiger partial charge in [0.25, 0.3) is 5.56 Å². The molecular weight excluding hydrogens is 528 g/mol. The molecule has 0 saturated heterocycles. The standard InChI is InChI=1S/C31H28N2O6S/c1-5-39-30(35)25-26(20-12-8-6-9-13-20)32-31-33(27(25)21-14-10-7-11-15-21)29(34)24(40-31)18-19-16-22(36-2)28(38-4)23(17-19)37-3/h6-18,27H,5H2,1-4H3/b24-18-/t27-/m0/s1. The van der Waals surface area contributed by atoms with E-state index in [0.29, 0.717) is 43.4 Å². The zero-order valence-electron chi connectivity index (χ0n) is 22.5. The van der Waals surface area contributed by atoms with E-state index in [1.165, 1.54) is 32.7 Å². The molecule has 1 aromatic heterocycles. The molecule has 1 atom stereocenters. The molecule has 0 radical (unpaired) electrons. The average molecular weight is 557 g/mol. The monoisotopic (exact) mass is 556 g/mol. The van der Waals surface area contributed by atoms with E-state index in [9.17, 15) is 9.59 Å². The Morgan fingerprint density at radius 3 is 2.15 bits per heavy atom. The van der Waals surface area contributed by atoms with E-state index in [1.54, 1.807) is 29.7 Å². The minimum Gasteiger partial charge on any atom is -0.493 e. The smallest absolute Gasteiger partial charge is 0.338 e. The third kappa shape index (κ3) is 4.91. The number of rotatable bonds is 8. The van der Waals surface area contributed by atoms with Crippen LogP contribution in [-0.4, -0.2) is 38.5 Å². The van der Waals surface area contributed by atoms with Crippen LogP contribution in [0.3, 0.4) is 0 Å². The molecule has 1 aliphatic rings. The number of benzene rings is 3. The van der Waals surface area contributed by atoms with Crippen molar-refractivity contribution in [1.82, 2.24) is 4.57 Å². The van der Waals surface area contributed by atoms with Crippen molar-refractivity contribution < 1.29 is 23.7 Å². The number of hydrogen-bond donors (Lipinski definition) is 0. The van der Waals surface area contributed by atoms with Crippen molar-refractivity contribution >= 4 is 29.1 Å². The fourth-order valence-electron chi connectivity index (χ4n) is 4.73. The Morgan fingerprint density at radius 2 is 1.57 bits per heavy atom. The van der Waals surface area contributed by atoms with Gasteiger partial charge < -0.3 is 18.9 Å². The molecule has 0 spiro atoms. The van der Waals surface area contributed by atoms with E-state index >= 15 is 0 Å². The van der Waals surface area contributed by atoms with Crippen LogP contribution in [0.15, 0.2) is 88.2 Å². The molecule has 0 fully saturated rings. The summed E-state index contributed by atoms with van der Waals surface area (Å²) in [6.45, 7) is 1.95. The third-order valence-electron chi connectivity index (χ3n) is 6.47. The minimum absolute atomic E-state index is 0.192. The van der Waals surface area contributed by atoms with Crippen molar-refractivity contribution in [3.63, 3.8) is 0 Å². The Bertz CT molecular complexity index is 1730. The fourth-order valence-corrected chi connectivity index (χ4v) is 5.73. The summed E-state index contributed by atoms with van der Waals surface area (Å²) in [5.41, 5.74) is 2.73. The summed E-state index contributed by atoms with van der Waals surface area (Å²) < 4.78 is 23.9. The molecule has 4 aromatic rings. The first kappa shape index (κ1) is 27.0. The summed E-state index contributed by atoms with van der Waals surface area (Å²) in [7, 11) is 4.61. The van der Waals surface area contributed by atoms with Crippen LogP contribution in [0.1, 0.15) is 29.7 Å². The number of thiazole rings is 1. The molecule has 1 aliphatic heterocycles. The van der Waals surface area contributed by atoms with Gasteiger partial charge in [0.05, 0.1) is 49.8 Å². The van der Waals surface area contributed by atoms with Gasteiger partial charge >= 0.3 is 5.97 Å². The van der Waals surface area contributed by atoms with E-state index < -0.39 is 12.0 Å². The summed E-state index contributed by atoms with van der Waals surface area (Å²) in [5, 5.41) is 0. The second-order valence-corrected chi connectivity index (χ2v) is 9.81.